The maximum absolute atomic E-state index is 13.5. The Labute approximate surface area is 235 Å². The van der Waals surface area contributed by atoms with Crippen LogP contribution in [0.15, 0.2) is 47.8 Å². The number of aliphatic carboxylic acids is 1. The van der Waals surface area contributed by atoms with Crippen molar-refractivity contribution in [1.29, 1.82) is 0 Å². The molecule has 16 heteroatoms. The van der Waals surface area contributed by atoms with E-state index in [0.29, 0.717) is 12.1 Å². The predicted octanol–water partition coefficient (Wildman–Crippen LogP) is -3.01. The number of carboxylic acid groups (broad SMARTS) is 1. The van der Waals surface area contributed by atoms with Crippen molar-refractivity contribution >= 4 is 35.6 Å². The molecule has 1 aromatic heterocycles. The quantitative estimate of drug-likeness (QED) is 0.0525. The second-order valence-electron chi connectivity index (χ2n) is 9.22. The molecule has 4 unspecified atom stereocenters. The van der Waals surface area contributed by atoms with E-state index in [-0.39, 0.29) is 31.8 Å². The summed E-state index contributed by atoms with van der Waals surface area (Å²) in [6.45, 7) is 0.273. The molecule has 0 fully saturated rings. The van der Waals surface area contributed by atoms with Crippen LogP contribution in [0.5, 0.6) is 0 Å². The minimum absolute atomic E-state index is 0.0664. The lowest BCUT2D eigenvalue weighted by atomic mass is 10.0. The van der Waals surface area contributed by atoms with E-state index in [1.165, 1.54) is 12.5 Å². The monoisotopic (exact) mass is 572 g/mol. The number of carboxylic acids is 1. The Morgan fingerprint density at radius 3 is 2.07 bits per heavy atom. The molecule has 0 aliphatic carbocycles. The van der Waals surface area contributed by atoms with Crippen molar-refractivity contribution in [2.75, 3.05) is 6.54 Å². The zero-order valence-corrected chi connectivity index (χ0v) is 22.3. The number of guanidine groups is 1. The van der Waals surface area contributed by atoms with Crippen LogP contribution in [0.1, 0.15) is 30.5 Å². The van der Waals surface area contributed by atoms with Crippen molar-refractivity contribution in [3.63, 3.8) is 0 Å². The van der Waals surface area contributed by atoms with Crippen molar-refractivity contribution in [2.45, 2.75) is 56.3 Å². The van der Waals surface area contributed by atoms with Crippen LogP contribution in [0.4, 0.5) is 0 Å². The average Bonchev–Trinajstić information content (AvgIpc) is 3.43. The number of primary amides is 1. The molecule has 0 bridgehead atoms. The van der Waals surface area contributed by atoms with Crippen LogP contribution in [0.3, 0.4) is 0 Å². The van der Waals surface area contributed by atoms with E-state index in [1.807, 2.05) is 0 Å². The first-order valence-corrected chi connectivity index (χ1v) is 12.7. The van der Waals surface area contributed by atoms with Crippen molar-refractivity contribution in [3.8, 4) is 0 Å². The van der Waals surface area contributed by atoms with Gasteiger partial charge in [0.05, 0.1) is 18.8 Å². The summed E-state index contributed by atoms with van der Waals surface area (Å²) in [5.74, 6) is -4.72. The first-order valence-electron chi connectivity index (χ1n) is 12.7. The number of aromatic nitrogens is 2. The van der Waals surface area contributed by atoms with Crippen LogP contribution >= 0.6 is 0 Å². The third-order valence-electron chi connectivity index (χ3n) is 5.85. The molecule has 1 heterocycles. The van der Waals surface area contributed by atoms with Gasteiger partial charge in [0.25, 0.3) is 0 Å². The number of rotatable bonds is 17. The lowest BCUT2D eigenvalue weighted by Crippen LogP contribution is -2.58. The molecule has 0 saturated carbocycles. The van der Waals surface area contributed by atoms with Gasteiger partial charge in [-0.05, 0) is 18.4 Å². The number of aliphatic imine (C=N–C) groups is 1. The van der Waals surface area contributed by atoms with Crippen LogP contribution < -0.4 is 38.9 Å². The van der Waals surface area contributed by atoms with E-state index in [2.05, 4.69) is 30.9 Å². The minimum Gasteiger partial charge on any atom is -0.480 e. The zero-order valence-electron chi connectivity index (χ0n) is 22.3. The summed E-state index contributed by atoms with van der Waals surface area (Å²) >= 11 is 0. The Balaban J connectivity index is 2.22. The van der Waals surface area contributed by atoms with E-state index >= 15 is 0 Å². The van der Waals surface area contributed by atoms with Gasteiger partial charge in [-0.2, -0.15) is 0 Å². The molecule has 4 amide bonds. The SMILES string of the molecule is NC(=O)CC(NC(=O)C(Cc1cnc[nH]1)NC(=O)C(Cc1ccccc1)NC(=O)C(N)CCCN=C(N)N)C(=O)O. The number of amides is 4. The highest BCUT2D eigenvalue weighted by molar-refractivity contribution is 5.95. The topological polar surface area (TPSA) is 287 Å². The summed E-state index contributed by atoms with van der Waals surface area (Å²) in [4.78, 5) is 72.8. The normalized spacial score (nSPS) is 13.6. The molecule has 1 aromatic carbocycles. The second-order valence-corrected chi connectivity index (χ2v) is 9.22. The fourth-order valence-corrected chi connectivity index (χ4v) is 3.76. The van der Waals surface area contributed by atoms with Gasteiger partial charge in [-0.1, -0.05) is 30.3 Å². The maximum atomic E-state index is 13.5. The number of benzene rings is 1. The third kappa shape index (κ3) is 11.7. The number of carbonyl (C=O) groups is 5. The van der Waals surface area contributed by atoms with Gasteiger partial charge in [0.1, 0.15) is 18.1 Å². The molecule has 41 heavy (non-hydrogen) atoms. The summed E-state index contributed by atoms with van der Waals surface area (Å²) in [6.07, 6.45) is 2.77. The van der Waals surface area contributed by atoms with E-state index in [1.54, 1.807) is 30.3 Å². The highest BCUT2D eigenvalue weighted by Crippen LogP contribution is 2.07. The molecule has 2 rings (SSSR count). The van der Waals surface area contributed by atoms with Gasteiger partial charge in [0, 0.05) is 31.3 Å². The number of nitrogens with one attached hydrogen (secondary N) is 4. The van der Waals surface area contributed by atoms with Crippen molar-refractivity contribution in [2.24, 2.45) is 27.9 Å². The molecule has 2 aromatic rings. The molecule has 0 spiro atoms. The summed E-state index contributed by atoms with van der Waals surface area (Å²) in [5.41, 5.74) is 22.9. The van der Waals surface area contributed by atoms with Crippen molar-refractivity contribution in [1.82, 2.24) is 25.9 Å². The molecule has 16 nitrogen and oxygen atoms in total. The van der Waals surface area contributed by atoms with Gasteiger partial charge >= 0.3 is 5.97 Å². The van der Waals surface area contributed by atoms with E-state index in [9.17, 15) is 29.1 Å². The lowest BCUT2D eigenvalue weighted by Gasteiger charge is -2.25. The number of hydrogen-bond acceptors (Lipinski definition) is 8. The number of H-pyrrole nitrogens is 1. The van der Waals surface area contributed by atoms with E-state index in [4.69, 9.17) is 22.9 Å². The van der Waals surface area contributed by atoms with Crippen molar-refractivity contribution < 1.29 is 29.1 Å². The highest BCUT2D eigenvalue weighted by Gasteiger charge is 2.31. The number of nitrogens with two attached hydrogens (primary N) is 4. The molecule has 0 radical (unpaired) electrons. The average molecular weight is 573 g/mol. The van der Waals surface area contributed by atoms with Crippen LogP contribution in [-0.4, -0.2) is 81.3 Å². The molecule has 13 N–H and O–H groups in total. The van der Waals surface area contributed by atoms with Crippen LogP contribution in [0.25, 0.3) is 0 Å². The molecule has 0 aliphatic rings. The fourth-order valence-electron chi connectivity index (χ4n) is 3.76. The van der Waals surface area contributed by atoms with E-state index in [0.717, 1.165) is 5.56 Å². The van der Waals surface area contributed by atoms with Crippen LogP contribution in [-0.2, 0) is 36.8 Å². The number of carbonyl (C=O) groups excluding carboxylic acids is 4. The first-order chi connectivity index (χ1) is 19.5. The number of imidazole rings is 1. The van der Waals surface area contributed by atoms with Gasteiger partial charge in [-0.15, -0.1) is 0 Å². The van der Waals surface area contributed by atoms with Gasteiger partial charge in [-0.3, -0.25) is 24.2 Å². The second kappa shape index (κ2) is 16.2. The molecule has 4 atom stereocenters. The van der Waals surface area contributed by atoms with Gasteiger partial charge in [0.15, 0.2) is 5.96 Å². The number of nitrogens with zero attached hydrogens (tertiary/aromatic N) is 2. The number of hydrogen-bond donors (Lipinski definition) is 9. The van der Waals surface area contributed by atoms with Gasteiger partial charge < -0.3 is 49.0 Å². The smallest absolute Gasteiger partial charge is 0.326 e. The maximum Gasteiger partial charge on any atom is 0.326 e. The Bertz CT molecular complexity index is 1200. The van der Waals surface area contributed by atoms with Crippen LogP contribution in [0, 0.1) is 0 Å². The standard InChI is InChI=1S/C25H36N10O6/c26-16(7-4-8-31-25(28)29)21(37)33-17(9-14-5-2-1-3-6-14)22(38)34-18(10-15-12-30-13-32-15)23(39)35-19(24(40)41)11-20(27)36/h1-3,5-6,12-13,16-19H,4,7-11,26H2,(H2,27,36)(H,30,32)(H,33,37)(H,34,38)(H,35,39)(H,40,41)(H4,28,29,31). The third-order valence-corrected chi connectivity index (χ3v) is 5.85. The largest absolute Gasteiger partial charge is 0.480 e. The Morgan fingerprint density at radius 2 is 1.51 bits per heavy atom. The fraction of sp³-hybridized carbons (Fsp3) is 0.400. The minimum atomic E-state index is -1.61. The summed E-state index contributed by atoms with van der Waals surface area (Å²) in [5, 5.41) is 16.8. The summed E-state index contributed by atoms with van der Waals surface area (Å²) < 4.78 is 0. The summed E-state index contributed by atoms with van der Waals surface area (Å²) in [7, 11) is 0. The zero-order chi connectivity index (χ0) is 30.4. The number of aromatic amines is 1. The van der Waals surface area contributed by atoms with Gasteiger partial charge in [0.2, 0.25) is 23.6 Å². The van der Waals surface area contributed by atoms with E-state index < -0.39 is 60.2 Å². The summed E-state index contributed by atoms with van der Waals surface area (Å²) in [6, 6.07) is 3.81. The molecule has 222 valence electrons. The molecular formula is C25H36N10O6. The molecule has 0 aliphatic heterocycles. The van der Waals surface area contributed by atoms with Crippen molar-refractivity contribution in [3.05, 3.63) is 54.1 Å². The lowest BCUT2D eigenvalue weighted by molar-refractivity contribution is -0.143. The highest BCUT2D eigenvalue weighted by atomic mass is 16.4. The first kappa shape index (κ1) is 32.2. The molecule has 0 saturated heterocycles. The van der Waals surface area contributed by atoms with Crippen LogP contribution in [0.2, 0.25) is 0 Å². The Hall–Kier alpha value is -4.99. The molecular weight excluding hydrogens is 536 g/mol. The van der Waals surface area contributed by atoms with Gasteiger partial charge in [-0.25, -0.2) is 9.78 Å². The Morgan fingerprint density at radius 1 is 0.902 bits per heavy atom. The Kier molecular flexibility index (Phi) is 12.7. The predicted molar refractivity (Wildman–Crippen MR) is 148 cm³/mol.